The number of benzene rings is 2. The van der Waals surface area contributed by atoms with Gasteiger partial charge in [0.15, 0.2) is 0 Å². The number of thioether (sulfide) groups is 1. The molecule has 0 bridgehead atoms. The van der Waals surface area contributed by atoms with Crippen molar-refractivity contribution >= 4 is 23.9 Å². The molecule has 0 aromatic heterocycles. The lowest BCUT2D eigenvalue weighted by Crippen LogP contribution is -2.26. The van der Waals surface area contributed by atoms with E-state index in [1.54, 1.807) is 6.21 Å². The van der Waals surface area contributed by atoms with Gasteiger partial charge >= 0.3 is 0 Å². The monoisotopic (exact) mass is 328 g/mol. The highest BCUT2D eigenvalue weighted by Gasteiger charge is 2.13. The Balaban J connectivity index is 1.83. The minimum atomic E-state index is -0.213. The molecule has 0 saturated carbocycles. The third-order valence-electron chi connectivity index (χ3n) is 3.00. The number of ether oxygens (including phenoxy) is 1. The predicted octanol–water partition coefficient (Wildman–Crippen LogP) is 3.72. The molecule has 0 aliphatic carbocycles. The van der Waals surface area contributed by atoms with E-state index in [9.17, 15) is 4.79 Å². The van der Waals surface area contributed by atoms with Gasteiger partial charge in [-0.2, -0.15) is 5.10 Å². The molecule has 0 radical (unpaired) electrons. The SMILES string of the molecule is CCOc1ccc(/C=N\NC(=O)[C@@H](C)Sc2ccccc2)cc1. The van der Waals surface area contributed by atoms with Crippen LogP contribution in [0.3, 0.4) is 0 Å². The summed E-state index contributed by atoms with van der Waals surface area (Å²) in [6.07, 6.45) is 1.62. The maximum absolute atomic E-state index is 12.0. The van der Waals surface area contributed by atoms with E-state index in [1.807, 2.05) is 68.4 Å². The second kappa shape index (κ2) is 9.00. The van der Waals surface area contributed by atoms with Crippen molar-refractivity contribution in [3.05, 3.63) is 60.2 Å². The van der Waals surface area contributed by atoms with Crippen LogP contribution in [0.2, 0.25) is 0 Å². The van der Waals surface area contributed by atoms with Gasteiger partial charge in [-0.1, -0.05) is 18.2 Å². The van der Waals surface area contributed by atoms with Gasteiger partial charge in [-0.05, 0) is 55.8 Å². The van der Waals surface area contributed by atoms with E-state index in [4.69, 9.17) is 4.74 Å². The molecule has 0 heterocycles. The molecule has 0 saturated heterocycles. The lowest BCUT2D eigenvalue weighted by molar-refractivity contribution is -0.120. The van der Waals surface area contributed by atoms with Crippen LogP contribution in [0.1, 0.15) is 19.4 Å². The molecule has 23 heavy (non-hydrogen) atoms. The predicted molar refractivity (Wildman–Crippen MR) is 95.1 cm³/mol. The molecule has 0 fully saturated rings. The highest BCUT2D eigenvalue weighted by atomic mass is 32.2. The van der Waals surface area contributed by atoms with E-state index >= 15 is 0 Å². The fraction of sp³-hybridized carbons (Fsp3) is 0.222. The number of hydrogen-bond acceptors (Lipinski definition) is 4. The molecule has 0 aliphatic heterocycles. The smallest absolute Gasteiger partial charge is 0.253 e. The molecular weight excluding hydrogens is 308 g/mol. The molecule has 2 aromatic carbocycles. The maximum Gasteiger partial charge on any atom is 0.253 e. The van der Waals surface area contributed by atoms with Crippen molar-refractivity contribution in [2.45, 2.75) is 24.0 Å². The van der Waals surface area contributed by atoms with Gasteiger partial charge in [0.2, 0.25) is 0 Å². The van der Waals surface area contributed by atoms with Crippen molar-refractivity contribution in [3.8, 4) is 5.75 Å². The normalized spacial score (nSPS) is 12.1. The second-order valence-electron chi connectivity index (χ2n) is 4.81. The summed E-state index contributed by atoms with van der Waals surface area (Å²) in [5.41, 5.74) is 3.47. The largest absolute Gasteiger partial charge is 0.494 e. The van der Waals surface area contributed by atoms with Gasteiger partial charge in [0.05, 0.1) is 18.1 Å². The molecule has 4 nitrogen and oxygen atoms in total. The first-order valence-electron chi connectivity index (χ1n) is 7.46. The summed E-state index contributed by atoms with van der Waals surface area (Å²) in [7, 11) is 0. The third kappa shape index (κ3) is 5.79. The molecule has 0 aliphatic rings. The fourth-order valence-corrected chi connectivity index (χ4v) is 2.72. The van der Waals surface area contributed by atoms with Crippen LogP contribution in [0.25, 0.3) is 0 Å². The van der Waals surface area contributed by atoms with Gasteiger partial charge in [-0.15, -0.1) is 11.8 Å². The Bertz CT molecular complexity index is 642. The zero-order chi connectivity index (χ0) is 16.5. The van der Waals surface area contributed by atoms with Crippen LogP contribution in [-0.4, -0.2) is 24.0 Å². The summed E-state index contributed by atoms with van der Waals surface area (Å²) in [5.74, 6) is 0.697. The molecule has 120 valence electrons. The summed E-state index contributed by atoms with van der Waals surface area (Å²) in [6, 6.07) is 17.4. The van der Waals surface area contributed by atoms with E-state index in [0.29, 0.717) is 6.61 Å². The summed E-state index contributed by atoms with van der Waals surface area (Å²) in [5, 5.41) is 3.79. The number of rotatable bonds is 7. The number of nitrogens with zero attached hydrogens (tertiary/aromatic N) is 1. The number of hydrazone groups is 1. The van der Waals surface area contributed by atoms with Crippen LogP contribution in [0.4, 0.5) is 0 Å². The average molecular weight is 328 g/mol. The number of nitrogens with one attached hydrogen (secondary N) is 1. The van der Waals surface area contributed by atoms with E-state index in [2.05, 4.69) is 10.5 Å². The minimum Gasteiger partial charge on any atom is -0.494 e. The van der Waals surface area contributed by atoms with Crippen LogP contribution in [0.5, 0.6) is 5.75 Å². The number of hydrogen-bond donors (Lipinski definition) is 1. The van der Waals surface area contributed by atoms with Crippen molar-refractivity contribution < 1.29 is 9.53 Å². The Kier molecular flexibility index (Phi) is 6.69. The molecule has 0 unspecified atom stereocenters. The summed E-state index contributed by atoms with van der Waals surface area (Å²) in [4.78, 5) is 13.1. The first-order valence-corrected chi connectivity index (χ1v) is 8.34. The van der Waals surface area contributed by atoms with Gasteiger partial charge in [0.1, 0.15) is 5.75 Å². The highest BCUT2D eigenvalue weighted by Crippen LogP contribution is 2.22. The van der Waals surface area contributed by atoms with Crippen LogP contribution in [0.15, 0.2) is 64.6 Å². The highest BCUT2D eigenvalue weighted by molar-refractivity contribution is 8.00. The van der Waals surface area contributed by atoms with E-state index in [1.165, 1.54) is 11.8 Å². The molecule has 5 heteroatoms. The molecule has 1 amide bonds. The molecule has 0 spiro atoms. The standard InChI is InChI=1S/C18H20N2O2S/c1-3-22-16-11-9-15(10-12-16)13-19-20-18(21)14(2)23-17-7-5-4-6-8-17/h4-14H,3H2,1-2H3,(H,20,21)/b19-13-/t14-/m1/s1. The number of carbonyl (C=O) groups is 1. The summed E-state index contributed by atoms with van der Waals surface area (Å²) < 4.78 is 5.37. The van der Waals surface area contributed by atoms with Crippen molar-refractivity contribution in [2.75, 3.05) is 6.61 Å². The summed E-state index contributed by atoms with van der Waals surface area (Å²) in [6.45, 7) is 4.44. The topological polar surface area (TPSA) is 50.7 Å². The number of carbonyl (C=O) groups excluding carboxylic acids is 1. The average Bonchev–Trinajstić information content (AvgIpc) is 2.57. The van der Waals surface area contributed by atoms with Crippen molar-refractivity contribution in [1.82, 2.24) is 5.43 Å². The molecule has 2 rings (SSSR count). The zero-order valence-electron chi connectivity index (χ0n) is 13.2. The first-order chi connectivity index (χ1) is 11.2. The minimum absolute atomic E-state index is 0.124. The Morgan fingerprint density at radius 1 is 1.22 bits per heavy atom. The van der Waals surface area contributed by atoms with Crippen LogP contribution >= 0.6 is 11.8 Å². The van der Waals surface area contributed by atoms with Crippen LogP contribution < -0.4 is 10.2 Å². The maximum atomic E-state index is 12.0. The molecule has 2 aromatic rings. The Morgan fingerprint density at radius 3 is 2.57 bits per heavy atom. The quantitative estimate of drug-likeness (QED) is 0.479. The fourth-order valence-electron chi connectivity index (χ4n) is 1.83. The van der Waals surface area contributed by atoms with Gasteiger partial charge < -0.3 is 4.74 Å². The third-order valence-corrected chi connectivity index (χ3v) is 4.12. The van der Waals surface area contributed by atoms with Crippen molar-refractivity contribution in [1.29, 1.82) is 0 Å². The van der Waals surface area contributed by atoms with Gasteiger partial charge in [-0.25, -0.2) is 5.43 Å². The van der Waals surface area contributed by atoms with Gasteiger partial charge in [0, 0.05) is 4.90 Å². The van der Waals surface area contributed by atoms with E-state index in [0.717, 1.165) is 16.2 Å². The van der Waals surface area contributed by atoms with E-state index < -0.39 is 0 Å². The van der Waals surface area contributed by atoms with Crippen LogP contribution in [0, 0.1) is 0 Å². The zero-order valence-corrected chi connectivity index (χ0v) is 14.0. The Labute approximate surface area is 140 Å². The second-order valence-corrected chi connectivity index (χ2v) is 6.22. The van der Waals surface area contributed by atoms with Gasteiger partial charge in [-0.3, -0.25) is 4.79 Å². The Hall–Kier alpha value is -2.27. The van der Waals surface area contributed by atoms with E-state index in [-0.39, 0.29) is 11.2 Å². The molecule has 1 atom stereocenters. The summed E-state index contributed by atoms with van der Waals surface area (Å²) >= 11 is 1.50. The molecule has 1 N–H and O–H groups in total. The lowest BCUT2D eigenvalue weighted by atomic mass is 10.2. The van der Waals surface area contributed by atoms with Gasteiger partial charge in [0.25, 0.3) is 5.91 Å². The van der Waals surface area contributed by atoms with Crippen LogP contribution in [-0.2, 0) is 4.79 Å². The van der Waals surface area contributed by atoms with Crippen molar-refractivity contribution in [2.24, 2.45) is 5.10 Å². The Morgan fingerprint density at radius 2 is 1.91 bits per heavy atom. The number of amides is 1. The van der Waals surface area contributed by atoms with Crippen molar-refractivity contribution in [3.63, 3.8) is 0 Å². The molecular formula is C18H20N2O2S. The lowest BCUT2D eigenvalue weighted by Gasteiger charge is -2.09. The first kappa shape index (κ1) is 17.1.